The zero-order valence-electron chi connectivity index (χ0n) is 12.1. The minimum atomic E-state index is 0.538. The lowest BCUT2D eigenvalue weighted by Crippen LogP contribution is -2.01. The molecule has 0 fully saturated rings. The molecule has 0 aliphatic carbocycles. The first kappa shape index (κ1) is 13.4. The summed E-state index contributed by atoms with van der Waals surface area (Å²) in [5.74, 6) is 0.538. The van der Waals surface area contributed by atoms with Gasteiger partial charge in [-0.1, -0.05) is 23.8 Å². The van der Waals surface area contributed by atoms with Gasteiger partial charge in [-0.3, -0.25) is 0 Å². The van der Waals surface area contributed by atoms with Crippen molar-refractivity contribution in [2.75, 3.05) is 5.32 Å². The number of aryl methyl sites for hydroxylation is 2. The van der Waals surface area contributed by atoms with Gasteiger partial charge in [-0.05, 0) is 49.2 Å². The Labute approximate surface area is 123 Å². The molecule has 0 amide bonds. The van der Waals surface area contributed by atoms with E-state index in [0.717, 1.165) is 17.8 Å². The van der Waals surface area contributed by atoms with Crippen molar-refractivity contribution >= 4 is 5.69 Å². The van der Waals surface area contributed by atoms with Crippen LogP contribution in [0.3, 0.4) is 0 Å². The van der Waals surface area contributed by atoms with Gasteiger partial charge < -0.3 is 9.73 Å². The van der Waals surface area contributed by atoms with E-state index in [4.69, 9.17) is 4.42 Å². The molecule has 0 saturated carbocycles. The van der Waals surface area contributed by atoms with Crippen molar-refractivity contribution in [3.8, 4) is 11.5 Å². The predicted octanol–water partition coefficient (Wildman–Crippen LogP) is 3.97. The van der Waals surface area contributed by atoms with E-state index < -0.39 is 0 Å². The smallest absolute Gasteiger partial charge is 0.247 e. The minimum Gasteiger partial charge on any atom is -0.423 e. The Morgan fingerprint density at radius 2 is 1.86 bits per heavy atom. The van der Waals surface area contributed by atoms with Crippen LogP contribution < -0.4 is 5.32 Å². The number of rotatable bonds is 4. The molecule has 0 radical (unpaired) electrons. The average Bonchev–Trinajstić information content (AvgIpc) is 3.03. The van der Waals surface area contributed by atoms with E-state index in [1.807, 2.05) is 24.3 Å². The number of aromatic nitrogens is 2. The van der Waals surface area contributed by atoms with Crippen LogP contribution in [-0.2, 0) is 6.54 Å². The third-order valence-electron chi connectivity index (χ3n) is 3.48. The summed E-state index contributed by atoms with van der Waals surface area (Å²) >= 11 is 0. The molecule has 1 heterocycles. The zero-order valence-corrected chi connectivity index (χ0v) is 12.1. The molecule has 1 N–H and O–H groups in total. The van der Waals surface area contributed by atoms with E-state index in [1.165, 1.54) is 23.1 Å². The predicted molar refractivity (Wildman–Crippen MR) is 83.0 cm³/mol. The van der Waals surface area contributed by atoms with Crippen LogP contribution >= 0.6 is 0 Å². The van der Waals surface area contributed by atoms with Crippen molar-refractivity contribution in [1.29, 1.82) is 0 Å². The van der Waals surface area contributed by atoms with E-state index in [9.17, 15) is 0 Å². The van der Waals surface area contributed by atoms with Gasteiger partial charge in [-0.25, -0.2) is 0 Å². The van der Waals surface area contributed by atoms with Crippen LogP contribution in [-0.4, -0.2) is 10.2 Å². The summed E-state index contributed by atoms with van der Waals surface area (Å²) in [7, 11) is 0. The van der Waals surface area contributed by atoms with E-state index in [-0.39, 0.29) is 0 Å². The van der Waals surface area contributed by atoms with Crippen LogP contribution in [0.25, 0.3) is 11.5 Å². The van der Waals surface area contributed by atoms with Crippen molar-refractivity contribution < 1.29 is 4.42 Å². The monoisotopic (exact) mass is 279 g/mol. The van der Waals surface area contributed by atoms with Gasteiger partial charge in [0.15, 0.2) is 0 Å². The highest BCUT2D eigenvalue weighted by Crippen LogP contribution is 2.20. The highest BCUT2D eigenvalue weighted by Gasteiger charge is 2.03. The molecule has 0 spiro atoms. The highest BCUT2D eigenvalue weighted by atomic mass is 16.4. The number of hydrogen-bond donors (Lipinski definition) is 1. The molecular formula is C17H17N3O. The summed E-state index contributed by atoms with van der Waals surface area (Å²) < 4.78 is 5.17. The largest absolute Gasteiger partial charge is 0.423 e. The maximum Gasteiger partial charge on any atom is 0.247 e. The summed E-state index contributed by atoms with van der Waals surface area (Å²) in [6, 6.07) is 14.5. The van der Waals surface area contributed by atoms with Gasteiger partial charge in [0.1, 0.15) is 0 Å². The summed E-state index contributed by atoms with van der Waals surface area (Å²) in [6.07, 6.45) is 1.34. The van der Waals surface area contributed by atoms with E-state index in [1.54, 1.807) is 0 Å². The molecule has 4 nitrogen and oxygen atoms in total. The maximum atomic E-state index is 5.17. The molecule has 0 aliphatic rings. The summed E-state index contributed by atoms with van der Waals surface area (Å²) in [6.45, 7) is 5.06. The molecule has 0 bridgehead atoms. The van der Waals surface area contributed by atoms with Gasteiger partial charge in [0.05, 0.1) is 0 Å². The van der Waals surface area contributed by atoms with Crippen LogP contribution in [0, 0.1) is 13.8 Å². The number of anilines is 1. The van der Waals surface area contributed by atoms with Crippen molar-refractivity contribution in [1.82, 2.24) is 10.2 Å². The summed E-state index contributed by atoms with van der Waals surface area (Å²) in [5, 5.41) is 11.0. The number of nitrogens with one attached hydrogen (secondary N) is 1. The molecule has 0 aliphatic heterocycles. The molecule has 0 unspecified atom stereocenters. The Morgan fingerprint density at radius 3 is 2.57 bits per heavy atom. The number of nitrogens with zero attached hydrogens (tertiary/aromatic N) is 2. The number of benzene rings is 2. The van der Waals surface area contributed by atoms with Crippen molar-refractivity contribution in [3.05, 3.63) is 65.5 Å². The lowest BCUT2D eigenvalue weighted by atomic mass is 10.1. The second-order valence-corrected chi connectivity index (χ2v) is 5.10. The van der Waals surface area contributed by atoms with Crippen LogP contribution in [0.1, 0.15) is 16.7 Å². The van der Waals surface area contributed by atoms with Crippen LogP contribution in [0.15, 0.2) is 53.3 Å². The lowest BCUT2D eigenvalue weighted by molar-refractivity contribution is 0.568. The fraction of sp³-hybridized carbons (Fsp3) is 0.176. The van der Waals surface area contributed by atoms with Gasteiger partial charge in [0, 0.05) is 17.8 Å². The van der Waals surface area contributed by atoms with Gasteiger partial charge in [0.2, 0.25) is 12.3 Å². The molecule has 21 heavy (non-hydrogen) atoms. The third kappa shape index (κ3) is 3.11. The Morgan fingerprint density at radius 1 is 1.05 bits per heavy atom. The van der Waals surface area contributed by atoms with E-state index in [2.05, 4.69) is 47.6 Å². The van der Waals surface area contributed by atoms with Crippen molar-refractivity contribution in [3.63, 3.8) is 0 Å². The first-order valence-electron chi connectivity index (χ1n) is 6.89. The summed E-state index contributed by atoms with van der Waals surface area (Å²) in [5.41, 5.74) is 5.89. The van der Waals surface area contributed by atoms with Gasteiger partial charge in [-0.2, -0.15) is 0 Å². The summed E-state index contributed by atoms with van der Waals surface area (Å²) in [4.78, 5) is 0. The second kappa shape index (κ2) is 5.79. The molecule has 106 valence electrons. The molecular weight excluding hydrogens is 262 g/mol. The fourth-order valence-electron chi connectivity index (χ4n) is 2.22. The third-order valence-corrected chi connectivity index (χ3v) is 3.48. The maximum absolute atomic E-state index is 5.17. The fourth-order valence-corrected chi connectivity index (χ4v) is 2.22. The van der Waals surface area contributed by atoms with Crippen LogP contribution in [0.4, 0.5) is 5.69 Å². The van der Waals surface area contributed by atoms with Crippen molar-refractivity contribution in [2.24, 2.45) is 0 Å². The topological polar surface area (TPSA) is 51.0 Å². The van der Waals surface area contributed by atoms with E-state index in [0.29, 0.717) is 5.89 Å². The zero-order chi connectivity index (χ0) is 14.7. The normalized spacial score (nSPS) is 10.6. The van der Waals surface area contributed by atoms with Crippen molar-refractivity contribution in [2.45, 2.75) is 20.4 Å². The molecule has 1 aromatic heterocycles. The highest BCUT2D eigenvalue weighted by molar-refractivity contribution is 5.58. The molecule has 0 saturated heterocycles. The molecule has 3 aromatic rings. The van der Waals surface area contributed by atoms with Crippen LogP contribution in [0.2, 0.25) is 0 Å². The Balaban J connectivity index is 1.70. The first-order chi connectivity index (χ1) is 10.2. The van der Waals surface area contributed by atoms with Gasteiger partial charge in [0.25, 0.3) is 0 Å². The number of hydrogen-bond acceptors (Lipinski definition) is 4. The molecule has 3 rings (SSSR count). The lowest BCUT2D eigenvalue weighted by Gasteiger charge is -2.10. The first-order valence-corrected chi connectivity index (χ1v) is 6.89. The second-order valence-electron chi connectivity index (χ2n) is 5.10. The quantitative estimate of drug-likeness (QED) is 0.785. The van der Waals surface area contributed by atoms with Gasteiger partial charge in [-0.15, -0.1) is 10.2 Å². The van der Waals surface area contributed by atoms with E-state index >= 15 is 0 Å². The Hall–Kier alpha value is -2.62. The van der Waals surface area contributed by atoms with Crippen LogP contribution in [0.5, 0.6) is 0 Å². The Kier molecular flexibility index (Phi) is 3.69. The van der Waals surface area contributed by atoms with Gasteiger partial charge >= 0.3 is 0 Å². The SMILES string of the molecule is Cc1ccc(C)c(CNc2ccc(-c3nnco3)cc2)c1. The standard InChI is InChI=1S/C17H17N3O/c1-12-3-4-13(2)15(9-12)10-18-16-7-5-14(6-8-16)17-20-19-11-21-17/h3-9,11,18H,10H2,1-2H3. The Bertz CT molecular complexity index is 718. The minimum absolute atomic E-state index is 0.538. The molecule has 4 heteroatoms. The average molecular weight is 279 g/mol. The molecule has 0 atom stereocenters. The molecule has 2 aromatic carbocycles.